The molecule has 0 aromatic carbocycles. The molecule has 0 aliphatic heterocycles. The third-order valence-corrected chi connectivity index (χ3v) is 2.06. The van der Waals surface area contributed by atoms with Crippen molar-refractivity contribution in [3.8, 4) is 0 Å². The number of rotatable bonds is 6. The maximum Gasteiger partial charge on any atom is 0.0906 e. The first kappa shape index (κ1) is 8.94. The number of hydrogen-bond donors (Lipinski definition) is 1. The van der Waals surface area contributed by atoms with Gasteiger partial charge in [0.2, 0.25) is 0 Å². The van der Waals surface area contributed by atoms with Crippen LogP contribution >= 0.6 is 0 Å². The summed E-state index contributed by atoms with van der Waals surface area (Å²) in [6.45, 7) is 2.32. The Hall–Kier alpha value is -0.150. The Balaban J connectivity index is 2.10. The predicted molar refractivity (Wildman–Crippen MR) is 44.2 cm³/mol. The molecule has 0 atom stereocenters. The predicted octanol–water partition coefficient (Wildman–Crippen LogP) is 0.769. The largest absolute Gasteiger partial charge is 0.329 e. The van der Waals surface area contributed by atoms with Gasteiger partial charge in [-0.05, 0) is 19.3 Å². The first-order chi connectivity index (χ1) is 5.38. The van der Waals surface area contributed by atoms with Crippen LogP contribution in [0, 0.1) is 0 Å². The van der Waals surface area contributed by atoms with E-state index in [-0.39, 0.29) is 6.67 Å². The van der Waals surface area contributed by atoms with Gasteiger partial charge in [-0.2, -0.15) is 0 Å². The van der Waals surface area contributed by atoms with Crippen molar-refractivity contribution in [2.45, 2.75) is 25.3 Å². The highest BCUT2D eigenvalue weighted by molar-refractivity contribution is 4.84. The summed E-state index contributed by atoms with van der Waals surface area (Å²) in [5.41, 5.74) is 5.43. The quantitative estimate of drug-likeness (QED) is 0.622. The zero-order valence-corrected chi connectivity index (χ0v) is 6.93. The normalized spacial score (nSPS) is 17.7. The minimum atomic E-state index is -0.201. The lowest BCUT2D eigenvalue weighted by molar-refractivity contribution is 0.256. The molecule has 0 amide bonds. The highest BCUT2D eigenvalue weighted by atomic mass is 19.1. The topological polar surface area (TPSA) is 29.3 Å². The molecule has 2 N–H and O–H groups in total. The fourth-order valence-corrected chi connectivity index (χ4v) is 1.35. The van der Waals surface area contributed by atoms with Crippen molar-refractivity contribution in [3.63, 3.8) is 0 Å². The standard InChI is InChI=1S/C8H17FN2/c9-4-1-6-11(7-5-10)8-2-3-8/h8H,1-7,10H2. The highest BCUT2D eigenvalue weighted by Crippen LogP contribution is 2.26. The Morgan fingerprint density at radius 1 is 1.36 bits per heavy atom. The summed E-state index contributed by atoms with van der Waals surface area (Å²) in [4.78, 5) is 2.31. The zero-order chi connectivity index (χ0) is 8.10. The number of nitrogens with two attached hydrogens (primary N) is 1. The van der Waals surface area contributed by atoms with E-state index in [1.165, 1.54) is 12.8 Å². The fourth-order valence-electron chi connectivity index (χ4n) is 1.35. The molecule has 1 aliphatic carbocycles. The van der Waals surface area contributed by atoms with Crippen LogP contribution in [0.3, 0.4) is 0 Å². The molecule has 0 aromatic heterocycles. The lowest BCUT2D eigenvalue weighted by Crippen LogP contribution is -2.32. The first-order valence-electron chi connectivity index (χ1n) is 4.38. The second-order valence-electron chi connectivity index (χ2n) is 3.10. The monoisotopic (exact) mass is 160 g/mol. The van der Waals surface area contributed by atoms with Crippen molar-refractivity contribution in [3.05, 3.63) is 0 Å². The number of halogens is 1. The zero-order valence-electron chi connectivity index (χ0n) is 6.93. The molecule has 11 heavy (non-hydrogen) atoms. The van der Waals surface area contributed by atoms with Gasteiger partial charge in [0, 0.05) is 25.7 Å². The number of alkyl halides is 1. The molecule has 0 heterocycles. The van der Waals surface area contributed by atoms with Crippen LogP contribution in [0.15, 0.2) is 0 Å². The van der Waals surface area contributed by atoms with Gasteiger partial charge < -0.3 is 5.73 Å². The van der Waals surface area contributed by atoms with Crippen LogP contribution in [0.5, 0.6) is 0 Å². The summed E-state index contributed by atoms with van der Waals surface area (Å²) >= 11 is 0. The van der Waals surface area contributed by atoms with Crippen LogP contribution in [0.25, 0.3) is 0 Å². The molecular formula is C8H17FN2. The van der Waals surface area contributed by atoms with Gasteiger partial charge >= 0.3 is 0 Å². The van der Waals surface area contributed by atoms with E-state index >= 15 is 0 Å². The minimum Gasteiger partial charge on any atom is -0.329 e. The molecule has 0 bridgehead atoms. The van der Waals surface area contributed by atoms with E-state index in [0.717, 1.165) is 19.1 Å². The van der Waals surface area contributed by atoms with E-state index in [4.69, 9.17) is 5.73 Å². The van der Waals surface area contributed by atoms with E-state index in [2.05, 4.69) is 4.90 Å². The van der Waals surface area contributed by atoms with E-state index in [0.29, 0.717) is 13.0 Å². The highest BCUT2D eigenvalue weighted by Gasteiger charge is 2.27. The maximum atomic E-state index is 11.8. The maximum absolute atomic E-state index is 11.8. The van der Waals surface area contributed by atoms with Gasteiger partial charge in [0.25, 0.3) is 0 Å². The van der Waals surface area contributed by atoms with E-state index in [1.807, 2.05) is 0 Å². The molecule has 1 rings (SSSR count). The summed E-state index contributed by atoms with van der Waals surface area (Å²) in [6, 6.07) is 0.727. The van der Waals surface area contributed by atoms with Crippen molar-refractivity contribution in [2.24, 2.45) is 5.73 Å². The summed E-state index contributed by atoms with van der Waals surface area (Å²) in [7, 11) is 0. The van der Waals surface area contributed by atoms with E-state index in [1.54, 1.807) is 0 Å². The molecule has 0 unspecified atom stereocenters. The van der Waals surface area contributed by atoms with Crippen LogP contribution in [0.1, 0.15) is 19.3 Å². The summed E-state index contributed by atoms with van der Waals surface area (Å²) < 4.78 is 11.8. The summed E-state index contributed by atoms with van der Waals surface area (Å²) in [6.07, 6.45) is 3.23. The average Bonchev–Trinajstić information content (AvgIpc) is 2.80. The molecule has 0 spiro atoms. The molecule has 0 saturated heterocycles. The van der Waals surface area contributed by atoms with Crippen molar-refractivity contribution in [1.82, 2.24) is 4.90 Å². The first-order valence-corrected chi connectivity index (χ1v) is 4.38. The van der Waals surface area contributed by atoms with Gasteiger partial charge in [0.1, 0.15) is 0 Å². The second-order valence-corrected chi connectivity index (χ2v) is 3.10. The fraction of sp³-hybridized carbons (Fsp3) is 1.00. The Morgan fingerprint density at radius 3 is 2.55 bits per heavy atom. The van der Waals surface area contributed by atoms with Crippen molar-refractivity contribution >= 4 is 0 Å². The van der Waals surface area contributed by atoms with Crippen LogP contribution in [0.2, 0.25) is 0 Å². The van der Waals surface area contributed by atoms with Crippen LogP contribution in [-0.2, 0) is 0 Å². The molecule has 1 aliphatic rings. The molecule has 0 radical (unpaired) electrons. The van der Waals surface area contributed by atoms with Gasteiger partial charge in [-0.15, -0.1) is 0 Å². The van der Waals surface area contributed by atoms with Gasteiger partial charge in [-0.25, -0.2) is 0 Å². The van der Waals surface area contributed by atoms with Crippen molar-refractivity contribution < 1.29 is 4.39 Å². The Bertz CT molecular complexity index is 104. The third-order valence-electron chi connectivity index (χ3n) is 2.06. The summed E-state index contributed by atoms with van der Waals surface area (Å²) in [5, 5.41) is 0. The lowest BCUT2D eigenvalue weighted by Gasteiger charge is -2.19. The SMILES string of the molecule is NCCN(CCCF)C1CC1. The Labute approximate surface area is 67.6 Å². The van der Waals surface area contributed by atoms with Crippen LogP contribution in [0.4, 0.5) is 4.39 Å². The Kier molecular flexibility index (Phi) is 3.80. The number of nitrogens with zero attached hydrogens (tertiary/aromatic N) is 1. The van der Waals surface area contributed by atoms with Gasteiger partial charge in [-0.3, -0.25) is 9.29 Å². The van der Waals surface area contributed by atoms with Crippen LogP contribution < -0.4 is 5.73 Å². The third kappa shape index (κ3) is 3.16. The smallest absolute Gasteiger partial charge is 0.0906 e. The van der Waals surface area contributed by atoms with E-state index in [9.17, 15) is 4.39 Å². The van der Waals surface area contributed by atoms with Crippen molar-refractivity contribution in [1.29, 1.82) is 0 Å². The van der Waals surface area contributed by atoms with Gasteiger partial charge in [0.05, 0.1) is 6.67 Å². The molecule has 1 saturated carbocycles. The van der Waals surface area contributed by atoms with Gasteiger partial charge in [-0.1, -0.05) is 0 Å². The molecule has 66 valence electrons. The molecule has 1 fully saturated rings. The lowest BCUT2D eigenvalue weighted by atomic mass is 10.4. The molecule has 3 heteroatoms. The van der Waals surface area contributed by atoms with Crippen LogP contribution in [-0.4, -0.2) is 37.3 Å². The second kappa shape index (κ2) is 4.67. The minimum absolute atomic E-state index is 0.201. The van der Waals surface area contributed by atoms with Crippen molar-refractivity contribution in [2.75, 3.05) is 26.3 Å². The molecular weight excluding hydrogens is 143 g/mol. The number of hydrogen-bond acceptors (Lipinski definition) is 2. The Morgan fingerprint density at radius 2 is 2.09 bits per heavy atom. The summed E-state index contributed by atoms with van der Waals surface area (Å²) in [5.74, 6) is 0. The average molecular weight is 160 g/mol. The molecule has 2 nitrogen and oxygen atoms in total. The van der Waals surface area contributed by atoms with Gasteiger partial charge in [0.15, 0.2) is 0 Å². The van der Waals surface area contributed by atoms with E-state index < -0.39 is 0 Å². The molecule has 0 aromatic rings.